The van der Waals surface area contributed by atoms with Crippen molar-refractivity contribution in [1.82, 2.24) is 0 Å². The van der Waals surface area contributed by atoms with Gasteiger partial charge in [0.25, 0.3) is 0 Å². The number of allylic oxidation sites excluding steroid dienone is 1. The Morgan fingerprint density at radius 3 is 1.09 bits per heavy atom. The van der Waals surface area contributed by atoms with Gasteiger partial charge in [-0.3, -0.25) is 0 Å². The van der Waals surface area contributed by atoms with Crippen LogP contribution in [0.4, 0.5) is 0 Å². The lowest BCUT2D eigenvalue weighted by molar-refractivity contribution is 0.209. The second-order valence-electron chi connectivity index (χ2n) is 12.8. The Morgan fingerprint density at radius 1 is 0.545 bits per heavy atom. The molecule has 0 aliphatic rings. The molecule has 0 bridgehead atoms. The summed E-state index contributed by atoms with van der Waals surface area (Å²) in [6, 6.07) is 0.882. The van der Waals surface area contributed by atoms with E-state index < -0.39 is 60.2 Å². The summed E-state index contributed by atoms with van der Waals surface area (Å²) in [5.41, 5.74) is 0. The van der Waals surface area contributed by atoms with E-state index in [4.69, 9.17) is 24.7 Å². The van der Waals surface area contributed by atoms with E-state index in [1.165, 1.54) is 0 Å². The van der Waals surface area contributed by atoms with Crippen molar-refractivity contribution in [3.63, 3.8) is 0 Å². The van der Waals surface area contributed by atoms with Crippen LogP contribution in [0, 0.1) is 0 Å². The van der Waals surface area contributed by atoms with Gasteiger partial charge in [-0.25, -0.2) is 0 Å². The molecule has 0 aliphatic carbocycles. The first-order chi connectivity index (χ1) is 14.5. The molecule has 0 aromatic carbocycles. The van der Waals surface area contributed by atoms with Gasteiger partial charge in [0.05, 0.1) is 0 Å². The van der Waals surface area contributed by atoms with Crippen molar-refractivity contribution in [3.05, 3.63) is 12.7 Å². The molecule has 0 heterocycles. The topological polar surface area (TPSA) is 55.4 Å². The van der Waals surface area contributed by atoms with Gasteiger partial charge in [-0.15, -0.1) is 6.58 Å². The van der Waals surface area contributed by atoms with Gasteiger partial charge in [0.15, 0.2) is 33.3 Å². The van der Waals surface area contributed by atoms with Crippen LogP contribution >= 0.6 is 0 Å². The minimum atomic E-state index is -2.90. The normalized spacial score (nSPS) is 14.8. The fourth-order valence-corrected chi connectivity index (χ4v) is 31.0. The summed E-state index contributed by atoms with van der Waals surface area (Å²) in [5.74, 6) is 0. The monoisotopic (exact) mass is 586 g/mol. The largest absolute Gasteiger partial charge is 0.467 e. The van der Waals surface area contributed by atoms with E-state index in [1.54, 1.807) is 0 Å². The second kappa shape index (κ2) is 13.0. The van der Waals surface area contributed by atoms with Gasteiger partial charge in [0.2, 0.25) is 0 Å². The highest BCUT2D eigenvalue weighted by Crippen LogP contribution is 2.28. The molecule has 0 rings (SSSR count). The molecule has 0 radical (unpaired) electrons. The fourth-order valence-electron chi connectivity index (χ4n) is 3.58. The van der Waals surface area contributed by atoms with Gasteiger partial charge in [0, 0.05) is 13.1 Å². The highest BCUT2D eigenvalue weighted by Gasteiger charge is 2.49. The van der Waals surface area contributed by atoms with Crippen molar-refractivity contribution >= 4 is 60.2 Å². The molecule has 0 aromatic rings. The maximum Gasteiger partial charge on any atom is 0.467 e. The summed E-state index contributed by atoms with van der Waals surface area (Å²) < 4.78 is 40.2. The Kier molecular flexibility index (Phi) is 13.4. The van der Waals surface area contributed by atoms with Crippen molar-refractivity contribution in [2.75, 3.05) is 0 Å². The third-order valence-electron chi connectivity index (χ3n) is 3.76. The van der Waals surface area contributed by atoms with E-state index in [2.05, 4.69) is 98.2 Å². The molecule has 0 saturated heterocycles. The smallest absolute Gasteiger partial charge is 0.417 e. The van der Waals surface area contributed by atoms with Crippen molar-refractivity contribution in [1.29, 1.82) is 0 Å². The van der Waals surface area contributed by atoms with Crippen molar-refractivity contribution < 1.29 is 24.7 Å². The average Bonchev–Trinajstić information content (AvgIpc) is 2.42. The number of hydrogen-bond acceptors (Lipinski definition) is 6. The maximum absolute atomic E-state index is 6.86. The van der Waals surface area contributed by atoms with Crippen LogP contribution in [0.2, 0.25) is 97.7 Å². The molecule has 0 fully saturated rings. The first kappa shape index (κ1) is 34.0. The van der Waals surface area contributed by atoms with Crippen molar-refractivity contribution in [2.24, 2.45) is 0 Å². The highest BCUT2D eigenvalue weighted by molar-refractivity contribution is 6.89. The summed E-state index contributed by atoms with van der Waals surface area (Å²) in [6.45, 7) is 34.3. The Hall–Kier alpha value is 1.02. The van der Waals surface area contributed by atoms with E-state index in [0.29, 0.717) is 0 Å². The average molecular weight is 587 g/mol. The first-order valence-electron chi connectivity index (χ1n) is 12.2. The molecule has 6 nitrogen and oxygen atoms in total. The quantitative estimate of drug-likeness (QED) is 0.103. The fraction of sp³-hybridized carbons (Fsp3) is 0.900. The molecule has 0 saturated carbocycles. The number of hydrogen-bond donors (Lipinski definition) is 0. The Bertz CT molecular complexity index is 518. The van der Waals surface area contributed by atoms with Crippen LogP contribution in [0.5, 0.6) is 0 Å². The molecule has 13 heteroatoms. The van der Waals surface area contributed by atoms with Crippen LogP contribution in [-0.4, -0.2) is 60.2 Å². The lowest BCUT2D eigenvalue weighted by Crippen LogP contribution is -2.61. The molecule has 0 N–H and O–H groups in total. The first-order valence-corrected chi connectivity index (χ1v) is 32.1. The summed E-state index contributed by atoms with van der Waals surface area (Å²) in [6.07, 6.45) is 5.07. The zero-order valence-corrected chi connectivity index (χ0v) is 31.3. The third-order valence-corrected chi connectivity index (χ3v) is 25.9. The van der Waals surface area contributed by atoms with Crippen LogP contribution in [0.3, 0.4) is 0 Å². The van der Waals surface area contributed by atoms with Crippen LogP contribution in [0.15, 0.2) is 12.7 Å². The molecule has 0 unspecified atom stereocenters. The molecular formula is C20H54O6Si7. The minimum absolute atomic E-state index is 0.882. The predicted octanol–water partition coefficient (Wildman–Crippen LogP) is 7.14. The van der Waals surface area contributed by atoms with Gasteiger partial charge in [-0.1, -0.05) is 12.5 Å². The van der Waals surface area contributed by atoms with Crippen LogP contribution in [0.25, 0.3) is 0 Å². The Morgan fingerprint density at radius 2 is 0.848 bits per heavy atom. The predicted molar refractivity (Wildman–Crippen MR) is 159 cm³/mol. The maximum atomic E-state index is 6.86. The van der Waals surface area contributed by atoms with Gasteiger partial charge >= 0.3 is 26.9 Å². The molecular weight excluding hydrogens is 533 g/mol. The molecule has 0 aliphatic heterocycles. The number of rotatable bonds is 17. The second-order valence-corrected chi connectivity index (χ2v) is 39.8. The van der Waals surface area contributed by atoms with Crippen LogP contribution in [-0.2, 0) is 24.7 Å². The van der Waals surface area contributed by atoms with Gasteiger partial charge in [-0.2, -0.15) is 0 Å². The lowest BCUT2D eigenvalue weighted by atomic mass is 10.2. The SMILES string of the molecule is C=CCCCC[SiH](O[Si](C)(O[Si](C)(C)C)O[Si](C)(C)C)O[Si](C)(O[Si](C)(C)C)O[Si](C)(C)C. The summed E-state index contributed by atoms with van der Waals surface area (Å²) in [4.78, 5) is 0. The Labute approximate surface area is 213 Å². The Balaban J connectivity index is 6.02. The number of unbranched alkanes of at least 4 members (excludes halogenated alkanes) is 2. The standard InChI is InChI=1S/C20H54O6Si7/c1-16-17-18-19-20-27(21-32(14,23-28(2,3)4)24-29(5,6)7)22-33(15,25-30(8,9)10)26-31(11,12)13/h16,27H,1,17-20H2,2-15H3. The van der Waals surface area contributed by atoms with E-state index in [-0.39, 0.29) is 0 Å². The van der Waals surface area contributed by atoms with Gasteiger partial charge in [0.1, 0.15) is 0 Å². The molecule has 0 spiro atoms. The van der Waals surface area contributed by atoms with Crippen LogP contribution < -0.4 is 0 Å². The molecule has 33 heavy (non-hydrogen) atoms. The summed E-state index contributed by atoms with van der Waals surface area (Å²) >= 11 is 0. The molecule has 198 valence electrons. The van der Waals surface area contributed by atoms with Crippen LogP contribution in [0.1, 0.15) is 19.3 Å². The van der Waals surface area contributed by atoms with E-state index in [0.717, 1.165) is 25.3 Å². The van der Waals surface area contributed by atoms with Crippen molar-refractivity contribution in [3.8, 4) is 0 Å². The minimum Gasteiger partial charge on any atom is -0.417 e. The lowest BCUT2D eigenvalue weighted by Gasteiger charge is -2.42. The molecule has 0 amide bonds. The van der Waals surface area contributed by atoms with E-state index in [9.17, 15) is 0 Å². The third kappa shape index (κ3) is 18.9. The summed E-state index contributed by atoms with van der Waals surface area (Å²) in [5, 5.41) is 0. The molecule has 0 atom stereocenters. The highest BCUT2D eigenvalue weighted by atomic mass is 28.5. The van der Waals surface area contributed by atoms with Crippen molar-refractivity contribution in [2.45, 2.75) is 117 Å². The van der Waals surface area contributed by atoms with E-state index in [1.807, 2.05) is 6.08 Å². The molecule has 0 aromatic heterocycles. The van der Waals surface area contributed by atoms with Gasteiger partial charge < -0.3 is 24.7 Å². The zero-order chi connectivity index (χ0) is 26.4. The summed E-state index contributed by atoms with van der Waals surface area (Å²) in [7, 11) is -15.5. The van der Waals surface area contributed by atoms with E-state index >= 15 is 0 Å². The van der Waals surface area contributed by atoms with Gasteiger partial charge in [-0.05, 0) is 97.4 Å². The zero-order valence-electron chi connectivity index (χ0n) is 24.1.